The molecule has 0 N–H and O–H groups in total. The molecule has 0 bridgehead atoms. The van der Waals surface area contributed by atoms with E-state index >= 15 is 0 Å². The molecular weight excluding hydrogens is 294 g/mol. The Labute approximate surface area is 134 Å². The van der Waals surface area contributed by atoms with Gasteiger partial charge in [0.15, 0.2) is 11.5 Å². The summed E-state index contributed by atoms with van der Waals surface area (Å²) in [7, 11) is 0. The molecule has 0 saturated carbocycles. The molecule has 6 nitrogen and oxygen atoms in total. The molecule has 2 aromatic heterocycles. The van der Waals surface area contributed by atoms with E-state index in [4.69, 9.17) is 4.42 Å². The molecule has 0 radical (unpaired) electrons. The summed E-state index contributed by atoms with van der Waals surface area (Å²) in [6.45, 7) is 2.83. The first kappa shape index (κ1) is 15.3. The van der Waals surface area contributed by atoms with E-state index in [1.165, 1.54) is 6.26 Å². The average molecular weight is 313 g/mol. The van der Waals surface area contributed by atoms with Crippen molar-refractivity contribution in [3.05, 3.63) is 48.6 Å². The summed E-state index contributed by atoms with van der Waals surface area (Å²) < 4.78 is 5.05. The third-order valence-corrected chi connectivity index (χ3v) is 3.97. The molecule has 0 unspecified atom stereocenters. The number of nitrogens with zero attached hydrogens (tertiary/aromatic N) is 3. The Kier molecular flexibility index (Phi) is 4.71. The van der Waals surface area contributed by atoms with Crippen LogP contribution in [0, 0.1) is 0 Å². The fraction of sp³-hybridized carbons (Fsp3) is 0.353. The molecule has 6 heteroatoms. The number of aromatic nitrogens is 1. The number of hydrogen-bond acceptors (Lipinski definition) is 5. The standard InChI is InChI=1S/C17H19N3O3/c21-14(15-4-3-13-23-15)6-7-17(22)20-11-9-19(10-12-20)16-5-1-2-8-18-16/h1-5,8,13H,6-7,9-12H2. The molecule has 1 aliphatic heterocycles. The van der Waals surface area contributed by atoms with Crippen LogP contribution in [0.4, 0.5) is 5.82 Å². The number of pyridine rings is 1. The lowest BCUT2D eigenvalue weighted by Crippen LogP contribution is -2.49. The van der Waals surface area contributed by atoms with Crippen LogP contribution in [0.25, 0.3) is 0 Å². The van der Waals surface area contributed by atoms with Gasteiger partial charge < -0.3 is 14.2 Å². The van der Waals surface area contributed by atoms with E-state index in [-0.39, 0.29) is 24.5 Å². The molecule has 0 spiro atoms. The van der Waals surface area contributed by atoms with Gasteiger partial charge in [0.1, 0.15) is 5.82 Å². The predicted molar refractivity (Wildman–Crippen MR) is 85.3 cm³/mol. The first-order valence-corrected chi connectivity index (χ1v) is 7.74. The highest BCUT2D eigenvalue weighted by Crippen LogP contribution is 2.14. The molecule has 1 fully saturated rings. The number of amides is 1. The van der Waals surface area contributed by atoms with Gasteiger partial charge in [0.25, 0.3) is 0 Å². The molecule has 120 valence electrons. The quantitative estimate of drug-likeness (QED) is 0.790. The van der Waals surface area contributed by atoms with Crippen molar-refractivity contribution >= 4 is 17.5 Å². The number of carbonyl (C=O) groups is 2. The molecule has 3 heterocycles. The molecule has 0 aliphatic carbocycles. The summed E-state index contributed by atoms with van der Waals surface area (Å²) in [6, 6.07) is 9.11. The number of furan rings is 1. The minimum atomic E-state index is -0.129. The minimum Gasteiger partial charge on any atom is -0.461 e. The zero-order valence-corrected chi connectivity index (χ0v) is 12.9. The topological polar surface area (TPSA) is 66.7 Å². The van der Waals surface area contributed by atoms with Gasteiger partial charge in [-0.05, 0) is 24.3 Å². The smallest absolute Gasteiger partial charge is 0.223 e. The van der Waals surface area contributed by atoms with E-state index in [9.17, 15) is 9.59 Å². The molecule has 3 rings (SSSR count). The molecule has 1 saturated heterocycles. The Bertz CT molecular complexity index is 647. The van der Waals surface area contributed by atoms with E-state index in [1.54, 1.807) is 18.3 Å². The van der Waals surface area contributed by atoms with Gasteiger partial charge in [0.2, 0.25) is 5.91 Å². The van der Waals surface area contributed by atoms with E-state index < -0.39 is 0 Å². The third-order valence-electron chi connectivity index (χ3n) is 3.97. The summed E-state index contributed by atoms with van der Waals surface area (Å²) in [4.78, 5) is 32.4. The third kappa shape index (κ3) is 3.77. The highest BCUT2D eigenvalue weighted by Gasteiger charge is 2.22. The van der Waals surface area contributed by atoms with Crippen LogP contribution in [0.2, 0.25) is 0 Å². The van der Waals surface area contributed by atoms with Gasteiger partial charge in [-0.3, -0.25) is 9.59 Å². The number of carbonyl (C=O) groups excluding carboxylic acids is 2. The van der Waals surface area contributed by atoms with Crippen LogP contribution in [0.1, 0.15) is 23.4 Å². The van der Waals surface area contributed by atoms with Crippen molar-refractivity contribution in [2.45, 2.75) is 12.8 Å². The van der Waals surface area contributed by atoms with Crippen LogP contribution < -0.4 is 4.90 Å². The van der Waals surface area contributed by atoms with E-state index in [1.807, 2.05) is 23.1 Å². The second-order valence-electron chi connectivity index (χ2n) is 5.46. The van der Waals surface area contributed by atoms with Gasteiger partial charge in [-0.25, -0.2) is 4.98 Å². The Morgan fingerprint density at radius 1 is 1.04 bits per heavy atom. The SMILES string of the molecule is O=C(CCC(=O)N1CCN(c2ccccn2)CC1)c1ccco1. The Hall–Kier alpha value is -2.63. The summed E-state index contributed by atoms with van der Waals surface area (Å²) >= 11 is 0. The lowest BCUT2D eigenvalue weighted by atomic mass is 10.1. The summed E-state index contributed by atoms with van der Waals surface area (Å²) in [5.74, 6) is 1.14. The largest absolute Gasteiger partial charge is 0.461 e. The van der Waals surface area contributed by atoms with Crippen LogP contribution in [-0.2, 0) is 4.79 Å². The van der Waals surface area contributed by atoms with Gasteiger partial charge >= 0.3 is 0 Å². The van der Waals surface area contributed by atoms with Gasteiger partial charge in [0, 0.05) is 45.2 Å². The molecule has 0 atom stereocenters. The Morgan fingerprint density at radius 2 is 1.87 bits per heavy atom. The lowest BCUT2D eigenvalue weighted by Gasteiger charge is -2.35. The highest BCUT2D eigenvalue weighted by molar-refractivity contribution is 5.95. The molecule has 1 amide bonds. The first-order valence-electron chi connectivity index (χ1n) is 7.74. The number of Topliss-reactive ketones (excluding diaryl/α,β-unsaturated/α-hetero) is 1. The number of anilines is 1. The van der Waals surface area contributed by atoms with Crippen molar-refractivity contribution < 1.29 is 14.0 Å². The Morgan fingerprint density at radius 3 is 2.52 bits per heavy atom. The van der Waals surface area contributed by atoms with E-state index in [2.05, 4.69) is 9.88 Å². The van der Waals surface area contributed by atoms with Gasteiger partial charge in [-0.1, -0.05) is 6.07 Å². The number of ketones is 1. The van der Waals surface area contributed by atoms with E-state index in [0.717, 1.165) is 18.9 Å². The zero-order valence-electron chi connectivity index (χ0n) is 12.9. The minimum absolute atomic E-state index is 0.0191. The van der Waals surface area contributed by atoms with Crippen molar-refractivity contribution in [2.24, 2.45) is 0 Å². The fourth-order valence-corrected chi connectivity index (χ4v) is 2.66. The lowest BCUT2D eigenvalue weighted by molar-refractivity contribution is -0.131. The van der Waals surface area contributed by atoms with Crippen molar-refractivity contribution in [3.63, 3.8) is 0 Å². The molecule has 2 aromatic rings. The van der Waals surface area contributed by atoms with Gasteiger partial charge in [-0.2, -0.15) is 0 Å². The van der Waals surface area contributed by atoms with Crippen LogP contribution in [0.5, 0.6) is 0 Å². The summed E-state index contributed by atoms with van der Waals surface area (Å²) in [5, 5.41) is 0. The molecule has 23 heavy (non-hydrogen) atoms. The van der Waals surface area contributed by atoms with Gasteiger partial charge in [-0.15, -0.1) is 0 Å². The first-order chi connectivity index (χ1) is 11.2. The van der Waals surface area contributed by atoms with Crippen LogP contribution in [-0.4, -0.2) is 47.8 Å². The second-order valence-corrected chi connectivity index (χ2v) is 5.46. The van der Waals surface area contributed by atoms with Crippen LogP contribution in [0.3, 0.4) is 0 Å². The number of piperazine rings is 1. The van der Waals surface area contributed by atoms with Gasteiger partial charge in [0.05, 0.1) is 6.26 Å². The van der Waals surface area contributed by atoms with Crippen molar-refractivity contribution in [1.82, 2.24) is 9.88 Å². The Balaban J connectivity index is 1.46. The maximum atomic E-state index is 12.2. The van der Waals surface area contributed by atoms with Crippen molar-refractivity contribution in [1.29, 1.82) is 0 Å². The number of rotatable bonds is 5. The monoisotopic (exact) mass is 313 g/mol. The molecular formula is C17H19N3O3. The number of hydrogen-bond donors (Lipinski definition) is 0. The summed E-state index contributed by atoms with van der Waals surface area (Å²) in [6.07, 6.45) is 3.65. The van der Waals surface area contributed by atoms with Crippen LogP contribution >= 0.6 is 0 Å². The maximum absolute atomic E-state index is 12.2. The normalized spacial score (nSPS) is 14.8. The maximum Gasteiger partial charge on any atom is 0.223 e. The van der Waals surface area contributed by atoms with Crippen LogP contribution in [0.15, 0.2) is 47.2 Å². The average Bonchev–Trinajstić information content (AvgIpc) is 3.15. The second kappa shape index (κ2) is 7.09. The summed E-state index contributed by atoms with van der Waals surface area (Å²) in [5.41, 5.74) is 0. The van der Waals surface area contributed by atoms with Crippen molar-refractivity contribution in [3.8, 4) is 0 Å². The van der Waals surface area contributed by atoms with Crippen molar-refractivity contribution in [2.75, 3.05) is 31.1 Å². The molecule has 0 aromatic carbocycles. The fourth-order valence-electron chi connectivity index (χ4n) is 2.66. The van der Waals surface area contributed by atoms with E-state index in [0.29, 0.717) is 18.8 Å². The highest BCUT2D eigenvalue weighted by atomic mass is 16.3. The zero-order chi connectivity index (χ0) is 16.1. The predicted octanol–water partition coefficient (Wildman–Crippen LogP) is 1.99. The molecule has 1 aliphatic rings.